The Morgan fingerprint density at radius 1 is 1.26 bits per heavy atom. The van der Waals surface area contributed by atoms with Gasteiger partial charge in [0, 0.05) is 19.6 Å². The molecular formula is C17H36N2. The molecule has 0 aromatic carbocycles. The lowest BCUT2D eigenvalue weighted by Gasteiger charge is -2.36. The molecule has 0 radical (unpaired) electrons. The highest BCUT2D eigenvalue weighted by Crippen LogP contribution is 2.38. The molecule has 2 heteroatoms. The minimum absolute atomic E-state index is 0.460. The summed E-state index contributed by atoms with van der Waals surface area (Å²) in [5.41, 5.74) is 0.460. The normalized spacial score (nSPS) is 23.4. The van der Waals surface area contributed by atoms with Gasteiger partial charge in [0.25, 0.3) is 0 Å². The summed E-state index contributed by atoms with van der Waals surface area (Å²) < 4.78 is 0. The van der Waals surface area contributed by atoms with Crippen molar-refractivity contribution >= 4 is 0 Å². The van der Waals surface area contributed by atoms with Gasteiger partial charge in [-0.2, -0.15) is 0 Å². The lowest BCUT2D eigenvalue weighted by molar-refractivity contribution is 0.149. The quantitative estimate of drug-likeness (QED) is 0.651. The zero-order valence-corrected chi connectivity index (χ0v) is 14.1. The SMILES string of the molecule is CCC(CC)(CNCC(C)C)CN(C)CC1CC1C. The van der Waals surface area contributed by atoms with Crippen LogP contribution in [0.25, 0.3) is 0 Å². The fourth-order valence-electron chi connectivity index (χ4n) is 3.10. The number of rotatable bonds is 10. The molecule has 2 nitrogen and oxygen atoms in total. The van der Waals surface area contributed by atoms with E-state index >= 15 is 0 Å². The summed E-state index contributed by atoms with van der Waals surface area (Å²) >= 11 is 0. The van der Waals surface area contributed by atoms with E-state index in [2.05, 4.69) is 51.9 Å². The molecule has 0 bridgehead atoms. The molecule has 0 aromatic rings. The van der Waals surface area contributed by atoms with Crippen LogP contribution in [-0.4, -0.2) is 38.1 Å². The number of nitrogens with zero attached hydrogens (tertiary/aromatic N) is 1. The molecule has 0 aromatic heterocycles. The number of hydrogen-bond acceptors (Lipinski definition) is 2. The molecule has 0 spiro atoms. The molecule has 2 atom stereocenters. The van der Waals surface area contributed by atoms with Gasteiger partial charge >= 0.3 is 0 Å². The molecule has 0 saturated heterocycles. The first-order valence-corrected chi connectivity index (χ1v) is 8.31. The van der Waals surface area contributed by atoms with Crippen LogP contribution in [-0.2, 0) is 0 Å². The van der Waals surface area contributed by atoms with E-state index in [1.807, 2.05) is 0 Å². The van der Waals surface area contributed by atoms with E-state index in [9.17, 15) is 0 Å². The minimum Gasteiger partial charge on any atom is -0.316 e. The summed E-state index contributed by atoms with van der Waals surface area (Å²) in [6.45, 7) is 16.5. The molecule has 1 fully saturated rings. The van der Waals surface area contributed by atoms with Gasteiger partial charge in [-0.05, 0) is 56.0 Å². The number of nitrogens with one attached hydrogen (secondary N) is 1. The van der Waals surface area contributed by atoms with E-state index in [1.54, 1.807) is 0 Å². The maximum absolute atomic E-state index is 3.68. The average Bonchev–Trinajstić information content (AvgIpc) is 3.02. The third kappa shape index (κ3) is 5.83. The zero-order valence-electron chi connectivity index (χ0n) is 14.1. The maximum Gasteiger partial charge on any atom is 0.00470 e. The Labute approximate surface area is 121 Å². The van der Waals surface area contributed by atoms with Crippen LogP contribution in [0.2, 0.25) is 0 Å². The summed E-state index contributed by atoms with van der Waals surface area (Å²) in [4.78, 5) is 2.58. The molecule has 1 saturated carbocycles. The van der Waals surface area contributed by atoms with Crippen molar-refractivity contribution in [3.05, 3.63) is 0 Å². The van der Waals surface area contributed by atoms with Gasteiger partial charge in [-0.25, -0.2) is 0 Å². The summed E-state index contributed by atoms with van der Waals surface area (Å²) in [7, 11) is 2.31. The highest BCUT2D eigenvalue weighted by molar-refractivity contribution is 4.87. The van der Waals surface area contributed by atoms with Gasteiger partial charge in [0.05, 0.1) is 0 Å². The largest absolute Gasteiger partial charge is 0.316 e. The summed E-state index contributed by atoms with van der Waals surface area (Å²) in [5.74, 6) is 2.69. The smallest absolute Gasteiger partial charge is 0.00470 e. The first kappa shape index (κ1) is 17.0. The van der Waals surface area contributed by atoms with Gasteiger partial charge in [-0.1, -0.05) is 34.6 Å². The van der Waals surface area contributed by atoms with Crippen LogP contribution in [0, 0.1) is 23.2 Å². The summed E-state index contributed by atoms with van der Waals surface area (Å²) in [5, 5.41) is 3.68. The second kappa shape index (κ2) is 7.64. The Kier molecular flexibility index (Phi) is 6.82. The van der Waals surface area contributed by atoms with E-state index in [0.717, 1.165) is 24.3 Å². The molecule has 1 aliphatic rings. The van der Waals surface area contributed by atoms with Crippen LogP contribution >= 0.6 is 0 Å². The monoisotopic (exact) mass is 268 g/mol. The minimum atomic E-state index is 0.460. The molecule has 0 heterocycles. The first-order chi connectivity index (χ1) is 8.92. The Morgan fingerprint density at radius 3 is 2.26 bits per heavy atom. The van der Waals surface area contributed by atoms with E-state index in [1.165, 1.54) is 38.9 Å². The van der Waals surface area contributed by atoms with Crippen LogP contribution in [0.3, 0.4) is 0 Å². The van der Waals surface area contributed by atoms with Crippen molar-refractivity contribution in [3.8, 4) is 0 Å². The molecular weight excluding hydrogens is 232 g/mol. The predicted molar refractivity (Wildman–Crippen MR) is 85.5 cm³/mol. The van der Waals surface area contributed by atoms with Gasteiger partial charge in [-0.15, -0.1) is 0 Å². The van der Waals surface area contributed by atoms with E-state index < -0.39 is 0 Å². The van der Waals surface area contributed by atoms with Crippen LogP contribution in [0.4, 0.5) is 0 Å². The van der Waals surface area contributed by atoms with Crippen molar-refractivity contribution in [2.45, 2.75) is 53.9 Å². The van der Waals surface area contributed by atoms with Gasteiger partial charge in [0.15, 0.2) is 0 Å². The molecule has 0 amide bonds. The van der Waals surface area contributed by atoms with Crippen LogP contribution in [0.1, 0.15) is 53.9 Å². The lowest BCUT2D eigenvalue weighted by atomic mass is 9.81. The number of hydrogen-bond donors (Lipinski definition) is 1. The molecule has 114 valence electrons. The zero-order chi connectivity index (χ0) is 14.5. The van der Waals surface area contributed by atoms with E-state index in [4.69, 9.17) is 0 Å². The van der Waals surface area contributed by atoms with Crippen molar-refractivity contribution < 1.29 is 0 Å². The Bertz CT molecular complexity index is 246. The van der Waals surface area contributed by atoms with Crippen molar-refractivity contribution in [1.29, 1.82) is 0 Å². The molecule has 1 aliphatic carbocycles. The van der Waals surface area contributed by atoms with E-state index in [0.29, 0.717) is 5.41 Å². The van der Waals surface area contributed by atoms with E-state index in [-0.39, 0.29) is 0 Å². The highest BCUT2D eigenvalue weighted by atomic mass is 15.1. The molecule has 19 heavy (non-hydrogen) atoms. The molecule has 2 unspecified atom stereocenters. The highest BCUT2D eigenvalue weighted by Gasteiger charge is 2.35. The van der Waals surface area contributed by atoms with Gasteiger partial charge in [-0.3, -0.25) is 0 Å². The topological polar surface area (TPSA) is 15.3 Å². The van der Waals surface area contributed by atoms with Gasteiger partial charge in [0.1, 0.15) is 0 Å². The Balaban J connectivity index is 2.39. The summed E-state index contributed by atoms with van der Waals surface area (Å²) in [6, 6.07) is 0. The Hall–Kier alpha value is -0.0800. The van der Waals surface area contributed by atoms with Crippen LogP contribution in [0.15, 0.2) is 0 Å². The third-order valence-corrected chi connectivity index (χ3v) is 4.98. The Morgan fingerprint density at radius 2 is 1.84 bits per heavy atom. The third-order valence-electron chi connectivity index (χ3n) is 4.98. The second-order valence-corrected chi connectivity index (χ2v) is 7.40. The first-order valence-electron chi connectivity index (χ1n) is 8.31. The van der Waals surface area contributed by atoms with Crippen LogP contribution < -0.4 is 5.32 Å². The van der Waals surface area contributed by atoms with Crippen molar-refractivity contribution in [1.82, 2.24) is 10.2 Å². The van der Waals surface area contributed by atoms with Crippen LogP contribution in [0.5, 0.6) is 0 Å². The fraction of sp³-hybridized carbons (Fsp3) is 1.00. The fourth-order valence-corrected chi connectivity index (χ4v) is 3.10. The molecule has 1 N–H and O–H groups in total. The molecule has 1 rings (SSSR count). The lowest BCUT2D eigenvalue weighted by Crippen LogP contribution is -2.43. The van der Waals surface area contributed by atoms with Gasteiger partial charge < -0.3 is 10.2 Å². The maximum atomic E-state index is 3.68. The second-order valence-electron chi connectivity index (χ2n) is 7.40. The molecule has 0 aliphatic heterocycles. The van der Waals surface area contributed by atoms with Crippen molar-refractivity contribution in [3.63, 3.8) is 0 Å². The summed E-state index contributed by atoms with van der Waals surface area (Å²) in [6.07, 6.45) is 4.00. The predicted octanol–water partition coefficient (Wildman–Crippen LogP) is 3.63. The van der Waals surface area contributed by atoms with Crippen molar-refractivity contribution in [2.75, 3.05) is 33.2 Å². The van der Waals surface area contributed by atoms with Crippen molar-refractivity contribution in [2.24, 2.45) is 23.2 Å². The standard InChI is InChI=1S/C17H36N2/c1-7-17(8-2,12-18-10-14(3)4)13-19(6)11-16-9-15(16)5/h14-16,18H,7-13H2,1-6H3. The average molecular weight is 268 g/mol. The van der Waals surface area contributed by atoms with Gasteiger partial charge in [0.2, 0.25) is 0 Å².